The third kappa shape index (κ3) is 3.85. The van der Waals surface area contributed by atoms with Crippen molar-refractivity contribution in [2.75, 3.05) is 25.5 Å². The van der Waals surface area contributed by atoms with Crippen molar-refractivity contribution in [2.45, 2.75) is 25.3 Å². The number of hydrogen-bond acceptors (Lipinski definition) is 4. The van der Waals surface area contributed by atoms with Crippen LogP contribution in [0.2, 0.25) is 5.02 Å². The molecule has 1 unspecified atom stereocenters. The lowest BCUT2D eigenvalue weighted by molar-refractivity contribution is 0.0601. The minimum absolute atomic E-state index is 0.394. The Bertz CT molecular complexity index is 445. The summed E-state index contributed by atoms with van der Waals surface area (Å²) in [6.07, 6.45) is 3.71. The molecule has 1 heterocycles. The quantitative estimate of drug-likeness (QED) is 0.834. The van der Waals surface area contributed by atoms with Gasteiger partial charge in [0.25, 0.3) is 0 Å². The second-order valence-electron chi connectivity index (χ2n) is 4.71. The molecule has 0 spiro atoms. The minimum Gasteiger partial charge on any atom is -0.465 e. The highest BCUT2D eigenvalue weighted by Gasteiger charge is 2.14. The van der Waals surface area contributed by atoms with E-state index in [0.29, 0.717) is 16.6 Å². The Hall–Kier alpha value is -1.26. The molecule has 1 aliphatic rings. The van der Waals surface area contributed by atoms with E-state index in [9.17, 15) is 4.79 Å². The molecular weight excluding hydrogens is 264 g/mol. The molecule has 0 saturated carbocycles. The maximum atomic E-state index is 11.5. The molecule has 5 heteroatoms. The molecule has 0 aliphatic carbocycles. The second-order valence-corrected chi connectivity index (χ2v) is 5.12. The number of nitrogens with one attached hydrogen (secondary N) is 2. The molecule has 1 saturated heterocycles. The van der Waals surface area contributed by atoms with Gasteiger partial charge in [0.05, 0.1) is 17.7 Å². The molecular formula is C14H19ClN2O2. The highest BCUT2D eigenvalue weighted by molar-refractivity contribution is 6.33. The van der Waals surface area contributed by atoms with Crippen molar-refractivity contribution < 1.29 is 9.53 Å². The predicted molar refractivity (Wildman–Crippen MR) is 76.9 cm³/mol. The standard InChI is InChI=1S/C14H19ClN2O2/c1-19-14(18)12-8-10(5-6-13(12)15)17-9-11-4-2-3-7-16-11/h5-6,8,11,16-17H,2-4,7,9H2,1H3. The summed E-state index contributed by atoms with van der Waals surface area (Å²) in [6, 6.07) is 5.81. The van der Waals surface area contributed by atoms with Crippen molar-refractivity contribution >= 4 is 23.3 Å². The van der Waals surface area contributed by atoms with Crippen LogP contribution in [0.3, 0.4) is 0 Å². The fraction of sp³-hybridized carbons (Fsp3) is 0.500. The number of benzene rings is 1. The summed E-state index contributed by atoms with van der Waals surface area (Å²) < 4.78 is 4.70. The van der Waals surface area contributed by atoms with Gasteiger partial charge in [-0.15, -0.1) is 0 Å². The number of anilines is 1. The first-order valence-corrected chi connectivity index (χ1v) is 6.93. The fourth-order valence-electron chi connectivity index (χ4n) is 2.24. The van der Waals surface area contributed by atoms with E-state index in [0.717, 1.165) is 18.8 Å². The molecule has 1 fully saturated rings. The van der Waals surface area contributed by atoms with Gasteiger partial charge >= 0.3 is 5.97 Å². The number of carbonyl (C=O) groups excluding carboxylic acids is 1. The van der Waals surface area contributed by atoms with E-state index in [1.165, 1.54) is 26.4 Å². The molecule has 1 aromatic carbocycles. The Morgan fingerprint density at radius 2 is 2.37 bits per heavy atom. The largest absolute Gasteiger partial charge is 0.465 e. The van der Waals surface area contributed by atoms with E-state index >= 15 is 0 Å². The molecule has 0 bridgehead atoms. The Morgan fingerprint density at radius 1 is 1.53 bits per heavy atom. The number of piperidine rings is 1. The molecule has 1 aromatic rings. The minimum atomic E-state index is -0.413. The van der Waals surface area contributed by atoms with Gasteiger partial charge in [-0.05, 0) is 37.6 Å². The first kappa shape index (κ1) is 14.2. The molecule has 0 amide bonds. The van der Waals surface area contributed by atoms with Crippen LogP contribution >= 0.6 is 11.6 Å². The number of carbonyl (C=O) groups is 1. The monoisotopic (exact) mass is 282 g/mol. The van der Waals surface area contributed by atoms with E-state index in [-0.39, 0.29) is 0 Å². The van der Waals surface area contributed by atoms with Gasteiger partial charge in [-0.3, -0.25) is 0 Å². The first-order chi connectivity index (χ1) is 9.20. The molecule has 19 heavy (non-hydrogen) atoms. The van der Waals surface area contributed by atoms with Crippen LogP contribution in [-0.2, 0) is 4.74 Å². The summed E-state index contributed by atoms with van der Waals surface area (Å²) in [5.41, 5.74) is 1.28. The SMILES string of the molecule is COC(=O)c1cc(NCC2CCCCN2)ccc1Cl. The summed E-state index contributed by atoms with van der Waals surface area (Å²) in [4.78, 5) is 11.5. The zero-order chi connectivity index (χ0) is 13.7. The lowest BCUT2D eigenvalue weighted by atomic mass is 10.1. The van der Waals surface area contributed by atoms with Gasteiger partial charge in [0.15, 0.2) is 0 Å². The molecule has 1 aliphatic heterocycles. The highest BCUT2D eigenvalue weighted by Crippen LogP contribution is 2.21. The zero-order valence-electron chi connectivity index (χ0n) is 11.0. The van der Waals surface area contributed by atoms with E-state index in [1.54, 1.807) is 12.1 Å². The van der Waals surface area contributed by atoms with Crippen LogP contribution in [0.15, 0.2) is 18.2 Å². The number of hydrogen-bond donors (Lipinski definition) is 2. The van der Waals surface area contributed by atoms with Crippen molar-refractivity contribution in [3.8, 4) is 0 Å². The third-order valence-corrected chi connectivity index (χ3v) is 3.67. The van der Waals surface area contributed by atoms with Crippen LogP contribution in [0.1, 0.15) is 29.6 Å². The molecule has 0 aromatic heterocycles. The van der Waals surface area contributed by atoms with Gasteiger partial charge in [0.2, 0.25) is 0 Å². The summed E-state index contributed by atoms with van der Waals surface area (Å²) in [5.74, 6) is -0.413. The van der Waals surface area contributed by atoms with Gasteiger partial charge < -0.3 is 15.4 Å². The van der Waals surface area contributed by atoms with Gasteiger partial charge in [-0.2, -0.15) is 0 Å². The average Bonchev–Trinajstić information content (AvgIpc) is 2.46. The highest BCUT2D eigenvalue weighted by atomic mass is 35.5. The van der Waals surface area contributed by atoms with Gasteiger partial charge in [-0.25, -0.2) is 4.79 Å². The number of halogens is 1. The van der Waals surface area contributed by atoms with E-state index < -0.39 is 5.97 Å². The van der Waals surface area contributed by atoms with Crippen LogP contribution in [0, 0.1) is 0 Å². The Kier molecular flexibility index (Phi) is 5.05. The maximum absolute atomic E-state index is 11.5. The Balaban J connectivity index is 1.98. The van der Waals surface area contributed by atoms with Crippen LogP contribution in [0.5, 0.6) is 0 Å². The van der Waals surface area contributed by atoms with E-state index in [4.69, 9.17) is 16.3 Å². The smallest absolute Gasteiger partial charge is 0.339 e. The lowest BCUT2D eigenvalue weighted by Gasteiger charge is -2.24. The summed E-state index contributed by atoms with van der Waals surface area (Å²) in [7, 11) is 1.35. The second kappa shape index (κ2) is 6.78. The molecule has 0 radical (unpaired) electrons. The number of ether oxygens (including phenoxy) is 1. The Labute approximate surface area is 118 Å². The van der Waals surface area contributed by atoms with Crippen molar-refractivity contribution in [1.82, 2.24) is 5.32 Å². The van der Waals surface area contributed by atoms with Crippen molar-refractivity contribution in [3.63, 3.8) is 0 Å². The van der Waals surface area contributed by atoms with Gasteiger partial charge in [-0.1, -0.05) is 18.0 Å². The maximum Gasteiger partial charge on any atom is 0.339 e. The van der Waals surface area contributed by atoms with Crippen LogP contribution < -0.4 is 10.6 Å². The predicted octanol–water partition coefficient (Wildman–Crippen LogP) is 2.68. The molecule has 2 N–H and O–H groups in total. The summed E-state index contributed by atoms with van der Waals surface area (Å²) in [6.45, 7) is 1.93. The average molecular weight is 283 g/mol. The number of rotatable bonds is 4. The summed E-state index contributed by atoms with van der Waals surface area (Å²) in [5, 5.41) is 7.21. The number of methoxy groups -OCH3 is 1. The fourth-order valence-corrected chi connectivity index (χ4v) is 2.44. The van der Waals surface area contributed by atoms with Crippen LogP contribution in [0.4, 0.5) is 5.69 Å². The zero-order valence-corrected chi connectivity index (χ0v) is 11.8. The molecule has 2 rings (SSSR count). The van der Waals surface area contributed by atoms with Crippen molar-refractivity contribution in [2.24, 2.45) is 0 Å². The number of esters is 1. The first-order valence-electron chi connectivity index (χ1n) is 6.56. The van der Waals surface area contributed by atoms with Crippen molar-refractivity contribution in [1.29, 1.82) is 0 Å². The summed E-state index contributed by atoms with van der Waals surface area (Å²) >= 11 is 5.98. The lowest BCUT2D eigenvalue weighted by Crippen LogP contribution is -2.39. The van der Waals surface area contributed by atoms with Gasteiger partial charge in [0, 0.05) is 18.3 Å². The molecule has 104 valence electrons. The van der Waals surface area contributed by atoms with Gasteiger partial charge in [0.1, 0.15) is 0 Å². The normalized spacial score (nSPS) is 18.9. The Morgan fingerprint density at radius 3 is 3.05 bits per heavy atom. The topological polar surface area (TPSA) is 50.4 Å². The molecule has 1 atom stereocenters. The van der Waals surface area contributed by atoms with Crippen LogP contribution in [0.25, 0.3) is 0 Å². The van der Waals surface area contributed by atoms with E-state index in [2.05, 4.69) is 10.6 Å². The van der Waals surface area contributed by atoms with Crippen molar-refractivity contribution in [3.05, 3.63) is 28.8 Å². The molecule has 4 nitrogen and oxygen atoms in total. The van der Waals surface area contributed by atoms with Crippen LogP contribution in [-0.4, -0.2) is 32.2 Å². The van der Waals surface area contributed by atoms with E-state index in [1.807, 2.05) is 6.07 Å². The third-order valence-electron chi connectivity index (χ3n) is 3.34.